The van der Waals surface area contributed by atoms with Crippen LogP contribution in [0, 0.1) is 5.82 Å². The average molecular weight is 356 g/mol. The van der Waals surface area contributed by atoms with Crippen molar-refractivity contribution in [1.82, 2.24) is 19.7 Å². The van der Waals surface area contributed by atoms with Crippen molar-refractivity contribution in [2.45, 2.75) is 6.04 Å². The number of oxazole rings is 1. The lowest BCUT2D eigenvalue weighted by Crippen LogP contribution is -2.48. The van der Waals surface area contributed by atoms with Crippen LogP contribution in [0.15, 0.2) is 35.0 Å². The summed E-state index contributed by atoms with van der Waals surface area (Å²) in [5.74, 6) is -0.340. The van der Waals surface area contributed by atoms with E-state index in [1.165, 1.54) is 12.1 Å². The molecule has 1 aromatic carbocycles. The Labute approximate surface area is 148 Å². The van der Waals surface area contributed by atoms with Crippen LogP contribution in [-0.2, 0) is 0 Å². The van der Waals surface area contributed by atoms with Crippen molar-refractivity contribution < 1.29 is 13.6 Å². The van der Waals surface area contributed by atoms with E-state index in [9.17, 15) is 9.18 Å². The minimum atomic E-state index is -0.340. The predicted molar refractivity (Wildman–Crippen MR) is 92.8 cm³/mol. The number of halogens is 1. The monoisotopic (exact) mass is 356 g/mol. The molecule has 0 N–H and O–H groups in total. The van der Waals surface area contributed by atoms with E-state index in [-0.39, 0.29) is 17.9 Å². The summed E-state index contributed by atoms with van der Waals surface area (Å²) in [7, 11) is 1.79. The van der Waals surface area contributed by atoms with Gasteiger partial charge in [0.05, 0.1) is 17.9 Å². The molecule has 4 heterocycles. The van der Waals surface area contributed by atoms with Crippen molar-refractivity contribution in [2.75, 3.05) is 43.0 Å². The fourth-order valence-corrected chi connectivity index (χ4v) is 3.35. The lowest BCUT2D eigenvalue weighted by molar-refractivity contribution is 0.229. The minimum Gasteiger partial charge on any atom is -0.423 e. The van der Waals surface area contributed by atoms with E-state index in [2.05, 4.69) is 10.1 Å². The maximum Gasteiger partial charge on any atom is 0.324 e. The highest BCUT2D eigenvalue weighted by atomic mass is 19.1. The van der Waals surface area contributed by atoms with Gasteiger partial charge in [0.1, 0.15) is 11.3 Å². The molecule has 0 radical (unpaired) electrons. The maximum atomic E-state index is 13.3. The average Bonchev–Trinajstić information content (AvgIpc) is 3.27. The number of carbonyl (C=O) groups is 1. The smallest absolute Gasteiger partial charge is 0.324 e. The molecule has 0 aliphatic carbocycles. The molecule has 3 aromatic rings. The summed E-state index contributed by atoms with van der Waals surface area (Å²) in [6, 6.07) is 5.00. The molecule has 0 spiro atoms. The third-order valence-corrected chi connectivity index (χ3v) is 4.96. The molecule has 5 rings (SSSR count). The Morgan fingerprint density at radius 3 is 2.88 bits per heavy atom. The Balaban J connectivity index is 1.28. The number of fused-ring (bicyclic) bond motifs is 1. The first-order valence-electron chi connectivity index (χ1n) is 8.46. The lowest BCUT2D eigenvalue weighted by atomic mass is 10.1. The zero-order valence-electron chi connectivity index (χ0n) is 14.2. The number of urea groups is 1. The molecule has 2 amide bonds. The molecule has 134 valence electrons. The van der Waals surface area contributed by atoms with E-state index in [4.69, 9.17) is 4.42 Å². The van der Waals surface area contributed by atoms with Gasteiger partial charge in [-0.2, -0.15) is 10.1 Å². The zero-order chi connectivity index (χ0) is 17.8. The summed E-state index contributed by atoms with van der Waals surface area (Å²) >= 11 is 0. The van der Waals surface area contributed by atoms with Gasteiger partial charge in [0.25, 0.3) is 6.01 Å². The summed E-state index contributed by atoms with van der Waals surface area (Å²) in [5, 5.41) is 4.40. The quantitative estimate of drug-likeness (QED) is 0.719. The normalized spacial score (nSPS) is 18.2. The third kappa shape index (κ3) is 2.31. The van der Waals surface area contributed by atoms with Crippen LogP contribution in [0.4, 0.5) is 20.9 Å². The van der Waals surface area contributed by atoms with Crippen molar-refractivity contribution in [3.05, 3.63) is 36.4 Å². The van der Waals surface area contributed by atoms with Gasteiger partial charge in [-0.3, -0.25) is 9.58 Å². The van der Waals surface area contributed by atoms with Crippen molar-refractivity contribution in [1.29, 1.82) is 0 Å². The van der Waals surface area contributed by atoms with Crippen LogP contribution in [0.5, 0.6) is 0 Å². The van der Waals surface area contributed by atoms with Crippen LogP contribution in [0.25, 0.3) is 11.1 Å². The van der Waals surface area contributed by atoms with E-state index < -0.39 is 0 Å². The second kappa shape index (κ2) is 5.45. The van der Waals surface area contributed by atoms with E-state index in [0.29, 0.717) is 36.7 Å². The van der Waals surface area contributed by atoms with Crippen LogP contribution < -0.4 is 9.80 Å². The second-order valence-corrected chi connectivity index (χ2v) is 6.70. The molecule has 2 fully saturated rings. The Morgan fingerprint density at radius 2 is 2.12 bits per heavy atom. The van der Waals surface area contributed by atoms with Gasteiger partial charge >= 0.3 is 6.03 Å². The lowest BCUT2D eigenvalue weighted by Gasteiger charge is -2.37. The second-order valence-electron chi connectivity index (χ2n) is 6.70. The highest BCUT2D eigenvalue weighted by Gasteiger charge is 2.33. The fourth-order valence-electron chi connectivity index (χ4n) is 3.35. The van der Waals surface area contributed by atoms with E-state index >= 15 is 0 Å². The number of hydrogen-bond donors (Lipinski definition) is 0. The molecule has 2 aliphatic heterocycles. The zero-order valence-corrected chi connectivity index (χ0v) is 14.2. The Hall–Kier alpha value is -3.10. The molecule has 9 heteroatoms. The first-order valence-corrected chi connectivity index (χ1v) is 8.46. The molecule has 2 saturated heterocycles. The largest absolute Gasteiger partial charge is 0.423 e. The summed E-state index contributed by atoms with van der Waals surface area (Å²) in [5.41, 5.74) is 1.90. The SMILES string of the molecule is CN1CCN(c2cnn(C3CN(c4nc5ccc(F)cc5o4)C3)c2)C1=O. The number of amides is 2. The molecule has 26 heavy (non-hydrogen) atoms. The molecule has 0 unspecified atom stereocenters. The number of benzene rings is 1. The van der Waals surface area contributed by atoms with Crippen molar-refractivity contribution in [3.63, 3.8) is 0 Å². The molecular weight excluding hydrogens is 339 g/mol. The van der Waals surface area contributed by atoms with Crippen LogP contribution >= 0.6 is 0 Å². The highest BCUT2D eigenvalue weighted by Crippen LogP contribution is 2.31. The Morgan fingerprint density at radius 1 is 1.27 bits per heavy atom. The van der Waals surface area contributed by atoms with Gasteiger partial charge in [-0.1, -0.05) is 0 Å². The summed E-state index contributed by atoms with van der Waals surface area (Å²) in [6.45, 7) is 2.80. The van der Waals surface area contributed by atoms with Gasteiger partial charge in [-0.25, -0.2) is 9.18 Å². The number of rotatable bonds is 3. The summed E-state index contributed by atoms with van der Waals surface area (Å²) < 4.78 is 20.8. The Bertz CT molecular complexity index is 992. The van der Waals surface area contributed by atoms with E-state index in [1.807, 2.05) is 15.8 Å². The van der Waals surface area contributed by atoms with Gasteiger partial charge in [0, 0.05) is 45.5 Å². The third-order valence-electron chi connectivity index (χ3n) is 4.96. The number of aromatic nitrogens is 3. The summed E-state index contributed by atoms with van der Waals surface area (Å²) in [4.78, 5) is 21.9. The number of anilines is 2. The standard InChI is InChI=1S/C17H17FN6O2/c1-21-4-5-23(17(21)25)12-7-19-24(10-12)13-8-22(9-13)16-20-14-3-2-11(18)6-15(14)26-16/h2-3,6-7,10,13H,4-5,8-9H2,1H3. The number of hydrogen-bond acceptors (Lipinski definition) is 5. The van der Waals surface area contributed by atoms with Crippen LogP contribution in [0.3, 0.4) is 0 Å². The predicted octanol–water partition coefficient (Wildman–Crippen LogP) is 2.10. The molecule has 2 aromatic heterocycles. The summed E-state index contributed by atoms with van der Waals surface area (Å²) in [6.07, 6.45) is 3.63. The van der Waals surface area contributed by atoms with Gasteiger partial charge in [-0.15, -0.1) is 0 Å². The molecule has 8 nitrogen and oxygen atoms in total. The number of nitrogens with zero attached hydrogens (tertiary/aromatic N) is 6. The van der Waals surface area contributed by atoms with Gasteiger partial charge in [0.2, 0.25) is 0 Å². The van der Waals surface area contributed by atoms with Crippen molar-refractivity contribution in [2.24, 2.45) is 0 Å². The maximum absolute atomic E-state index is 13.3. The molecule has 0 atom stereocenters. The highest BCUT2D eigenvalue weighted by molar-refractivity contribution is 5.93. The molecule has 0 bridgehead atoms. The topological polar surface area (TPSA) is 70.6 Å². The molecule has 2 aliphatic rings. The van der Waals surface area contributed by atoms with Crippen LogP contribution in [0.1, 0.15) is 6.04 Å². The molecular formula is C17H17FN6O2. The van der Waals surface area contributed by atoms with Crippen molar-refractivity contribution in [3.8, 4) is 0 Å². The van der Waals surface area contributed by atoms with Crippen LogP contribution in [0.2, 0.25) is 0 Å². The minimum absolute atomic E-state index is 0.00139. The Kier molecular flexibility index (Phi) is 3.18. The van der Waals surface area contributed by atoms with Gasteiger partial charge < -0.3 is 14.2 Å². The number of likely N-dealkylation sites (N-methyl/N-ethyl adjacent to an activating group) is 1. The van der Waals surface area contributed by atoms with Crippen molar-refractivity contribution >= 4 is 28.8 Å². The first kappa shape index (κ1) is 15.2. The van der Waals surface area contributed by atoms with E-state index in [1.54, 1.807) is 29.1 Å². The fraction of sp³-hybridized carbons (Fsp3) is 0.353. The van der Waals surface area contributed by atoms with Crippen LogP contribution in [-0.4, -0.2) is 58.9 Å². The van der Waals surface area contributed by atoms with Gasteiger partial charge in [0.15, 0.2) is 5.58 Å². The van der Waals surface area contributed by atoms with E-state index in [0.717, 1.165) is 12.2 Å². The van der Waals surface area contributed by atoms with Gasteiger partial charge in [-0.05, 0) is 12.1 Å². The first-order chi connectivity index (χ1) is 12.6. The molecule has 0 saturated carbocycles. The number of carbonyl (C=O) groups excluding carboxylic acids is 1.